The van der Waals surface area contributed by atoms with Crippen LogP contribution in [0.1, 0.15) is 5.56 Å². The molecule has 5 heteroatoms. The van der Waals surface area contributed by atoms with Crippen molar-refractivity contribution in [3.05, 3.63) is 65.3 Å². The lowest BCUT2D eigenvalue weighted by atomic mass is 10.2. The Bertz CT molecular complexity index is 711. The van der Waals surface area contributed by atoms with Gasteiger partial charge in [0.05, 0.1) is 10.6 Å². The summed E-state index contributed by atoms with van der Waals surface area (Å²) >= 11 is 1.38. The standard InChI is InChI=1S/C16H13N3OS/c1-19-15(20)14(11-12-7-9-17-10-8-12)21-16(19)18-13-5-3-2-4-6-13/h2-11H,1H3/b14-11+,18-16?. The first-order chi connectivity index (χ1) is 10.2. The van der Waals surface area contributed by atoms with Crippen molar-refractivity contribution in [2.75, 3.05) is 7.05 Å². The van der Waals surface area contributed by atoms with Gasteiger partial charge < -0.3 is 0 Å². The molecule has 1 amide bonds. The van der Waals surface area contributed by atoms with E-state index in [0.29, 0.717) is 10.1 Å². The molecule has 2 heterocycles. The summed E-state index contributed by atoms with van der Waals surface area (Å²) in [6.45, 7) is 0. The number of rotatable bonds is 2. The SMILES string of the molecule is CN1C(=O)/C(=C\c2ccncc2)SC1=Nc1ccccc1. The molecule has 1 aliphatic rings. The fraction of sp³-hybridized carbons (Fsp3) is 0.0625. The average Bonchev–Trinajstić information content (AvgIpc) is 2.78. The van der Waals surface area contributed by atoms with Crippen LogP contribution in [0.25, 0.3) is 6.08 Å². The second kappa shape index (κ2) is 5.93. The highest BCUT2D eigenvalue weighted by Gasteiger charge is 2.30. The smallest absolute Gasteiger partial charge is 0.266 e. The van der Waals surface area contributed by atoms with Gasteiger partial charge in [-0.05, 0) is 47.7 Å². The first kappa shape index (κ1) is 13.6. The number of nitrogens with zero attached hydrogens (tertiary/aromatic N) is 3. The Labute approximate surface area is 127 Å². The van der Waals surface area contributed by atoms with Crippen LogP contribution in [0.5, 0.6) is 0 Å². The zero-order valence-corrected chi connectivity index (χ0v) is 12.2. The summed E-state index contributed by atoms with van der Waals surface area (Å²) in [6, 6.07) is 13.4. The molecule has 2 aromatic rings. The van der Waals surface area contributed by atoms with Crippen molar-refractivity contribution in [2.24, 2.45) is 4.99 Å². The Morgan fingerprint density at radius 2 is 1.86 bits per heavy atom. The number of thioether (sulfide) groups is 1. The van der Waals surface area contributed by atoms with Crippen LogP contribution in [0.4, 0.5) is 5.69 Å². The lowest BCUT2D eigenvalue weighted by Gasteiger charge is -2.06. The largest absolute Gasteiger partial charge is 0.290 e. The Morgan fingerprint density at radius 1 is 1.14 bits per heavy atom. The summed E-state index contributed by atoms with van der Waals surface area (Å²) in [4.78, 5) is 23.0. The van der Waals surface area contributed by atoms with Crippen molar-refractivity contribution < 1.29 is 4.79 Å². The zero-order valence-electron chi connectivity index (χ0n) is 11.4. The van der Waals surface area contributed by atoms with Crippen LogP contribution in [-0.2, 0) is 4.79 Å². The molecule has 0 aliphatic carbocycles. The van der Waals surface area contributed by atoms with E-state index in [1.165, 1.54) is 11.8 Å². The van der Waals surface area contributed by atoms with Crippen LogP contribution in [0.15, 0.2) is 64.8 Å². The van der Waals surface area contributed by atoms with E-state index in [2.05, 4.69) is 9.98 Å². The topological polar surface area (TPSA) is 45.6 Å². The molecule has 4 nitrogen and oxygen atoms in total. The van der Waals surface area contributed by atoms with Crippen molar-refractivity contribution in [1.29, 1.82) is 0 Å². The molecule has 1 aromatic carbocycles. The third kappa shape index (κ3) is 3.03. The van der Waals surface area contributed by atoms with Gasteiger partial charge >= 0.3 is 0 Å². The van der Waals surface area contributed by atoms with E-state index in [4.69, 9.17) is 0 Å². The molecule has 0 N–H and O–H groups in total. The van der Waals surface area contributed by atoms with Crippen molar-refractivity contribution in [2.45, 2.75) is 0 Å². The predicted molar refractivity (Wildman–Crippen MR) is 86.1 cm³/mol. The van der Waals surface area contributed by atoms with Crippen LogP contribution < -0.4 is 0 Å². The van der Waals surface area contributed by atoms with Gasteiger partial charge in [-0.1, -0.05) is 18.2 Å². The van der Waals surface area contributed by atoms with Crippen LogP contribution in [0, 0.1) is 0 Å². The number of aromatic nitrogens is 1. The summed E-state index contributed by atoms with van der Waals surface area (Å²) < 4.78 is 0. The molecule has 1 saturated heterocycles. The molecule has 0 spiro atoms. The van der Waals surface area contributed by atoms with Gasteiger partial charge in [0.25, 0.3) is 5.91 Å². The molecule has 21 heavy (non-hydrogen) atoms. The van der Waals surface area contributed by atoms with Gasteiger partial charge in [0, 0.05) is 19.4 Å². The lowest BCUT2D eigenvalue weighted by Crippen LogP contribution is -2.23. The normalized spacial score (nSPS) is 18.7. The maximum Gasteiger partial charge on any atom is 0.266 e. The van der Waals surface area contributed by atoms with Crippen LogP contribution in [0.3, 0.4) is 0 Å². The number of carbonyl (C=O) groups excluding carboxylic acids is 1. The highest BCUT2D eigenvalue weighted by molar-refractivity contribution is 8.18. The molecule has 0 unspecified atom stereocenters. The Hall–Kier alpha value is -2.40. The molecular formula is C16H13N3OS. The molecule has 104 valence electrons. The van der Waals surface area contributed by atoms with Crippen molar-refractivity contribution >= 4 is 34.6 Å². The van der Waals surface area contributed by atoms with Crippen LogP contribution in [-0.4, -0.2) is 28.0 Å². The van der Waals surface area contributed by atoms with E-state index >= 15 is 0 Å². The minimum Gasteiger partial charge on any atom is -0.290 e. The fourth-order valence-electron chi connectivity index (χ4n) is 1.88. The van der Waals surface area contributed by atoms with E-state index in [-0.39, 0.29) is 5.91 Å². The minimum absolute atomic E-state index is 0.0357. The second-order valence-corrected chi connectivity index (χ2v) is 5.49. The number of likely N-dealkylation sites (N-methyl/N-ethyl adjacent to an activating group) is 1. The van der Waals surface area contributed by atoms with Gasteiger partial charge in [-0.15, -0.1) is 0 Å². The third-order valence-corrected chi connectivity index (χ3v) is 4.05. The maximum atomic E-state index is 12.3. The van der Waals surface area contributed by atoms with Gasteiger partial charge in [-0.2, -0.15) is 0 Å². The molecule has 0 radical (unpaired) electrons. The first-order valence-corrected chi connectivity index (χ1v) is 7.27. The number of para-hydroxylation sites is 1. The van der Waals surface area contributed by atoms with Crippen LogP contribution >= 0.6 is 11.8 Å². The van der Waals surface area contributed by atoms with Gasteiger partial charge in [0.1, 0.15) is 0 Å². The zero-order chi connectivity index (χ0) is 14.7. The molecule has 0 atom stereocenters. The monoisotopic (exact) mass is 295 g/mol. The molecule has 0 bridgehead atoms. The molecule has 1 fully saturated rings. The average molecular weight is 295 g/mol. The number of pyridine rings is 1. The number of amides is 1. The number of hydrogen-bond acceptors (Lipinski definition) is 4. The number of aliphatic imine (C=N–C) groups is 1. The quantitative estimate of drug-likeness (QED) is 0.798. The van der Waals surface area contributed by atoms with E-state index in [0.717, 1.165) is 11.3 Å². The second-order valence-electron chi connectivity index (χ2n) is 4.49. The predicted octanol–water partition coefficient (Wildman–Crippen LogP) is 3.32. The summed E-state index contributed by atoms with van der Waals surface area (Å²) in [7, 11) is 1.74. The van der Waals surface area contributed by atoms with Crippen molar-refractivity contribution in [3.63, 3.8) is 0 Å². The molecule has 1 aromatic heterocycles. The summed E-state index contributed by atoms with van der Waals surface area (Å²) in [6.07, 6.45) is 5.27. The Balaban J connectivity index is 1.89. The third-order valence-electron chi connectivity index (χ3n) is 2.99. The Kier molecular flexibility index (Phi) is 3.83. The molecule has 3 rings (SSSR count). The van der Waals surface area contributed by atoms with Crippen LogP contribution in [0.2, 0.25) is 0 Å². The highest BCUT2D eigenvalue weighted by Crippen LogP contribution is 2.32. The molecular weight excluding hydrogens is 282 g/mol. The van der Waals surface area contributed by atoms with Gasteiger partial charge in [0.2, 0.25) is 0 Å². The summed E-state index contributed by atoms with van der Waals surface area (Å²) in [5.41, 5.74) is 1.79. The summed E-state index contributed by atoms with van der Waals surface area (Å²) in [5.74, 6) is -0.0357. The molecule has 0 saturated carbocycles. The van der Waals surface area contributed by atoms with E-state index in [1.54, 1.807) is 24.3 Å². The van der Waals surface area contributed by atoms with E-state index < -0.39 is 0 Å². The fourth-order valence-corrected chi connectivity index (χ4v) is 2.86. The highest BCUT2D eigenvalue weighted by atomic mass is 32.2. The van der Waals surface area contributed by atoms with E-state index in [9.17, 15) is 4.79 Å². The first-order valence-electron chi connectivity index (χ1n) is 6.45. The number of benzene rings is 1. The lowest BCUT2D eigenvalue weighted by molar-refractivity contribution is -0.121. The number of hydrogen-bond donors (Lipinski definition) is 0. The maximum absolute atomic E-state index is 12.3. The van der Waals surface area contributed by atoms with Gasteiger partial charge in [-0.25, -0.2) is 4.99 Å². The minimum atomic E-state index is -0.0357. The number of carbonyl (C=O) groups is 1. The Morgan fingerprint density at radius 3 is 2.57 bits per heavy atom. The van der Waals surface area contributed by atoms with Crippen molar-refractivity contribution in [3.8, 4) is 0 Å². The van der Waals surface area contributed by atoms with Gasteiger partial charge in [0.15, 0.2) is 5.17 Å². The van der Waals surface area contributed by atoms with Gasteiger partial charge in [-0.3, -0.25) is 14.7 Å². The number of amidine groups is 1. The van der Waals surface area contributed by atoms with Crippen molar-refractivity contribution in [1.82, 2.24) is 9.88 Å². The summed E-state index contributed by atoms with van der Waals surface area (Å²) in [5, 5.41) is 0.687. The van der Waals surface area contributed by atoms with E-state index in [1.807, 2.05) is 48.5 Å². The molecule has 1 aliphatic heterocycles.